The van der Waals surface area contributed by atoms with Crippen molar-refractivity contribution >= 4 is 34.8 Å². The van der Waals surface area contributed by atoms with Crippen LogP contribution in [-0.2, 0) is 4.79 Å². The van der Waals surface area contributed by atoms with Crippen LogP contribution in [0.15, 0.2) is 42.5 Å². The van der Waals surface area contributed by atoms with Crippen molar-refractivity contribution in [2.45, 2.75) is 12.8 Å². The molecule has 0 saturated carbocycles. The van der Waals surface area contributed by atoms with Crippen LogP contribution in [0.5, 0.6) is 5.75 Å². The highest BCUT2D eigenvalue weighted by Gasteiger charge is 2.17. The molecule has 0 aromatic heterocycles. The van der Waals surface area contributed by atoms with Crippen LogP contribution in [-0.4, -0.2) is 11.0 Å². The van der Waals surface area contributed by atoms with Gasteiger partial charge in [-0.05, 0) is 24.6 Å². The number of carbonyl (C=O) groups excluding carboxylic acids is 1. The number of rotatable bonds is 3. The van der Waals surface area contributed by atoms with E-state index in [2.05, 4.69) is 5.32 Å². The Hall–Kier alpha value is -1.71. The molecule has 2 aromatic carbocycles. The molecule has 1 unspecified atom stereocenters. The SMILES string of the molecule is CC(C(=O)Nc1cc(Cl)cc(Cl)c1O)c1ccccc1. The average Bonchev–Trinajstić information content (AvgIpc) is 2.44. The average molecular weight is 310 g/mol. The second-order valence-electron chi connectivity index (χ2n) is 4.41. The minimum atomic E-state index is -0.353. The molecule has 0 aliphatic rings. The van der Waals surface area contributed by atoms with Crippen molar-refractivity contribution in [3.05, 3.63) is 58.1 Å². The van der Waals surface area contributed by atoms with Gasteiger partial charge in [-0.1, -0.05) is 53.5 Å². The lowest BCUT2D eigenvalue weighted by Crippen LogP contribution is -2.18. The summed E-state index contributed by atoms with van der Waals surface area (Å²) in [6.07, 6.45) is 0. The number of benzene rings is 2. The molecule has 0 fully saturated rings. The van der Waals surface area contributed by atoms with Gasteiger partial charge in [-0.15, -0.1) is 0 Å². The summed E-state index contributed by atoms with van der Waals surface area (Å²) >= 11 is 11.7. The highest BCUT2D eigenvalue weighted by molar-refractivity contribution is 6.36. The van der Waals surface area contributed by atoms with E-state index in [1.165, 1.54) is 12.1 Å². The largest absolute Gasteiger partial charge is 0.504 e. The van der Waals surface area contributed by atoms with Crippen molar-refractivity contribution in [1.82, 2.24) is 0 Å². The zero-order valence-electron chi connectivity index (χ0n) is 10.7. The van der Waals surface area contributed by atoms with Crippen molar-refractivity contribution in [1.29, 1.82) is 0 Å². The maximum Gasteiger partial charge on any atom is 0.231 e. The molecule has 0 spiro atoms. The number of hydrogen-bond acceptors (Lipinski definition) is 2. The maximum absolute atomic E-state index is 12.2. The Morgan fingerprint density at radius 1 is 1.20 bits per heavy atom. The highest BCUT2D eigenvalue weighted by atomic mass is 35.5. The molecule has 104 valence electrons. The number of halogens is 2. The number of nitrogens with one attached hydrogen (secondary N) is 1. The summed E-state index contributed by atoms with van der Waals surface area (Å²) in [5.41, 5.74) is 1.09. The summed E-state index contributed by atoms with van der Waals surface area (Å²) in [5.74, 6) is -0.789. The Bertz CT molecular complexity index is 629. The third-order valence-corrected chi connectivity index (χ3v) is 3.49. The van der Waals surface area contributed by atoms with Gasteiger partial charge in [-0.2, -0.15) is 0 Å². The summed E-state index contributed by atoms with van der Waals surface area (Å²) < 4.78 is 0. The van der Waals surface area contributed by atoms with Crippen LogP contribution in [0.2, 0.25) is 10.0 Å². The van der Waals surface area contributed by atoms with Gasteiger partial charge >= 0.3 is 0 Å². The quantitative estimate of drug-likeness (QED) is 0.823. The number of carbonyl (C=O) groups is 1. The molecule has 2 aromatic rings. The predicted octanol–water partition coefficient (Wildman–Crippen LogP) is 4.44. The molecule has 1 atom stereocenters. The number of hydrogen-bond donors (Lipinski definition) is 2. The van der Waals surface area contributed by atoms with E-state index in [-0.39, 0.29) is 28.3 Å². The van der Waals surface area contributed by atoms with E-state index in [1.54, 1.807) is 6.92 Å². The molecule has 0 radical (unpaired) electrons. The lowest BCUT2D eigenvalue weighted by Gasteiger charge is -2.14. The maximum atomic E-state index is 12.2. The molecule has 2 rings (SSSR count). The number of amides is 1. The lowest BCUT2D eigenvalue weighted by atomic mass is 10.0. The summed E-state index contributed by atoms with van der Waals surface area (Å²) in [6.45, 7) is 1.79. The van der Waals surface area contributed by atoms with Crippen LogP contribution in [0.4, 0.5) is 5.69 Å². The zero-order chi connectivity index (χ0) is 14.7. The minimum Gasteiger partial charge on any atom is -0.504 e. The third-order valence-electron chi connectivity index (χ3n) is 2.98. The van der Waals surface area contributed by atoms with Crippen LogP contribution in [0, 0.1) is 0 Å². The second-order valence-corrected chi connectivity index (χ2v) is 5.25. The van der Waals surface area contributed by atoms with Crippen molar-refractivity contribution in [3.63, 3.8) is 0 Å². The van der Waals surface area contributed by atoms with Gasteiger partial charge < -0.3 is 10.4 Å². The smallest absolute Gasteiger partial charge is 0.231 e. The van der Waals surface area contributed by atoms with E-state index in [9.17, 15) is 9.90 Å². The molecule has 2 N–H and O–H groups in total. The Morgan fingerprint density at radius 3 is 2.50 bits per heavy atom. The van der Waals surface area contributed by atoms with E-state index < -0.39 is 0 Å². The van der Waals surface area contributed by atoms with Crippen LogP contribution in [0.25, 0.3) is 0 Å². The van der Waals surface area contributed by atoms with E-state index >= 15 is 0 Å². The first-order valence-electron chi connectivity index (χ1n) is 6.03. The molecule has 1 amide bonds. The number of phenols is 1. The van der Waals surface area contributed by atoms with Gasteiger partial charge in [0, 0.05) is 5.02 Å². The summed E-state index contributed by atoms with van der Waals surface area (Å²) in [7, 11) is 0. The minimum absolute atomic E-state index is 0.0974. The van der Waals surface area contributed by atoms with Crippen LogP contribution >= 0.6 is 23.2 Å². The molecule has 0 heterocycles. The van der Waals surface area contributed by atoms with E-state index in [1.807, 2.05) is 30.3 Å². The Morgan fingerprint density at radius 2 is 1.85 bits per heavy atom. The van der Waals surface area contributed by atoms with Gasteiger partial charge in [0.15, 0.2) is 5.75 Å². The first kappa shape index (κ1) is 14.7. The first-order chi connectivity index (χ1) is 9.49. The molecule has 0 bridgehead atoms. The van der Waals surface area contributed by atoms with E-state index in [0.717, 1.165) is 5.56 Å². The molecule has 5 heteroatoms. The van der Waals surface area contributed by atoms with Crippen LogP contribution in [0.3, 0.4) is 0 Å². The lowest BCUT2D eigenvalue weighted by molar-refractivity contribution is -0.117. The Balaban J connectivity index is 2.20. The van der Waals surface area contributed by atoms with Gasteiger partial charge in [-0.25, -0.2) is 0 Å². The fraction of sp³-hybridized carbons (Fsp3) is 0.133. The fourth-order valence-electron chi connectivity index (χ4n) is 1.80. The fourth-order valence-corrected chi connectivity index (χ4v) is 2.29. The normalized spacial score (nSPS) is 11.9. The number of aromatic hydroxyl groups is 1. The number of anilines is 1. The van der Waals surface area contributed by atoms with Crippen LogP contribution < -0.4 is 5.32 Å². The van der Waals surface area contributed by atoms with Crippen molar-refractivity contribution in [2.24, 2.45) is 0 Å². The molecular weight excluding hydrogens is 297 g/mol. The Labute approximate surface area is 127 Å². The van der Waals surface area contributed by atoms with Crippen molar-refractivity contribution in [2.75, 3.05) is 5.32 Å². The molecule has 0 saturated heterocycles. The monoisotopic (exact) mass is 309 g/mol. The second kappa shape index (κ2) is 6.16. The van der Waals surface area contributed by atoms with Gasteiger partial charge in [0.05, 0.1) is 16.6 Å². The molecule has 0 aliphatic heterocycles. The molecule has 0 aliphatic carbocycles. The van der Waals surface area contributed by atoms with E-state index in [4.69, 9.17) is 23.2 Å². The van der Waals surface area contributed by atoms with Crippen molar-refractivity contribution in [3.8, 4) is 5.75 Å². The standard InChI is InChI=1S/C15H13Cl2NO2/c1-9(10-5-3-2-4-6-10)15(20)18-13-8-11(16)7-12(17)14(13)19/h2-9,19H,1H3,(H,18,20). The van der Waals surface area contributed by atoms with Gasteiger partial charge in [0.2, 0.25) is 5.91 Å². The Kier molecular flexibility index (Phi) is 4.53. The molecule has 20 heavy (non-hydrogen) atoms. The van der Waals surface area contributed by atoms with Gasteiger partial charge in [-0.3, -0.25) is 4.79 Å². The number of phenolic OH excluding ortho intramolecular Hbond substituents is 1. The zero-order valence-corrected chi connectivity index (χ0v) is 12.2. The highest BCUT2D eigenvalue weighted by Crippen LogP contribution is 2.35. The van der Waals surface area contributed by atoms with Crippen molar-refractivity contribution < 1.29 is 9.90 Å². The third kappa shape index (κ3) is 3.24. The van der Waals surface area contributed by atoms with Crippen LogP contribution in [0.1, 0.15) is 18.4 Å². The summed E-state index contributed by atoms with van der Waals surface area (Å²) in [4.78, 5) is 12.2. The molecular formula is C15H13Cl2NO2. The van der Waals surface area contributed by atoms with Gasteiger partial charge in [0.1, 0.15) is 0 Å². The summed E-state index contributed by atoms with van der Waals surface area (Å²) in [6, 6.07) is 12.2. The predicted molar refractivity (Wildman–Crippen MR) is 81.6 cm³/mol. The topological polar surface area (TPSA) is 49.3 Å². The molecule has 3 nitrogen and oxygen atoms in total. The van der Waals surface area contributed by atoms with E-state index in [0.29, 0.717) is 5.02 Å². The van der Waals surface area contributed by atoms with Gasteiger partial charge in [0.25, 0.3) is 0 Å². The summed E-state index contributed by atoms with van der Waals surface area (Å²) in [5, 5.41) is 12.9. The first-order valence-corrected chi connectivity index (χ1v) is 6.78.